The van der Waals surface area contributed by atoms with Gasteiger partial charge >= 0.3 is 12.4 Å². The minimum Gasteiger partial charge on any atom is -0.444 e. The Balaban J connectivity index is 1.86. The molecule has 1 fully saturated rings. The van der Waals surface area contributed by atoms with Crippen molar-refractivity contribution >= 4 is 6.09 Å². The van der Waals surface area contributed by atoms with Gasteiger partial charge in [0.15, 0.2) is 11.5 Å². The third-order valence-corrected chi connectivity index (χ3v) is 4.46. The Morgan fingerprint density at radius 1 is 1.25 bits per heavy atom. The molecule has 2 unspecified atom stereocenters. The Bertz CT molecular complexity index is 761. The first-order valence-electron chi connectivity index (χ1n) is 9.01. The van der Waals surface area contributed by atoms with Gasteiger partial charge in [0.05, 0.1) is 12.6 Å². The Kier molecular flexibility index (Phi) is 4.95. The van der Waals surface area contributed by atoms with Crippen LogP contribution in [0.25, 0.3) is 0 Å². The van der Waals surface area contributed by atoms with Crippen LogP contribution in [0.3, 0.4) is 0 Å². The predicted molar refractivity (Wildman–Crippen MR) is 94.2 cm³/mol. The fourth-order valence-electron chi connectivity index (χ4n) is 3.48. The van der Waals surface area contributed by atoms with Gasteiger partial charge in [0, 0.05) is 0 Å². The molecule has 0 spiro atoms. The van der Waals surface area contributed by atoms with Crippen molar-refractivity contribution in [1.29, 1.82) is 0 Å². The number of halogens is 2. The van der Waals surface area contributed by atoms with Crippen molar-refractivity contribution in [3.05, 3.63) is 23.8 Å². The molecule has 2 atom stereocenters. The van der Waals surface area contributed by atoms with E-state index in [0.717, 1.165) is 0 Å². The number of benzene rings is 1. The van der Waals surface area contributed by atoms with Crippen LogP contribution in [0.4, 0.5) is 13.6 Å². The zero-order valence-corrected chi connectivity index (χ0v) is 16.5. The normalized spacial score (nSPS) is 25.1. The minimum atomic E-state index is -3.70. The molecule has 28 heavy (non-hydrogen) atoms. The molecule has 9 heteroatoms. The van der Waals surface area contributed by atoms with E-state index >= 15 is 0 Å². The predicted octanol–water partition coefficient (Wildman–Crippen LogP) is 3.28. The molecule has 2 heterocycles. The Morgan fingerprint density at radius 2 is 1.89 bits per heavy atom. The van der Waals surface area contributed by atoms with Crippen LogP contribution in [0, 0.1) is 0 Å². The van der Waals surface area contributed by atoms with E-state index in [1.165, 1.54) is 17.0 Å². The van der Waals surface area contributed by atoms with E-state index in [4.69, 9.17) is 9.47 Å². The van der Waals surface area contributed by atoms with Crippen molar-refractivity contribution in [2.24, 2.45) is 0 Å². The lowest BCUT2D eigenvalue weighted by Gasteiger charge is -2.35. The van der Waals surface area contributed by atoms with Gasteiger partial charge in [-0.1, -0.05) is 6.07 Å². The van der Waals surface area contributed by atoms with Crippen LogP contribution in [-0.2, 0) is 15.9 Å². The molecule has 0 aliphatic carbocycles. The van der Waals surface area contributed by atoms with Gasteiger partial charge in [-0.15, -0.1) is 8.78 Å². The topological polar surface area (TPSA) is 77.5 Å². The van der Waals surface area contributed by atoms with E-state index in [-0.39, 0.29) is 24.5 Å². The van der Waals surface area contributed by atoms with E-state index in [0.29, 0.717) is 5.56 Å². The summed E-state index contributed by atoms with van der Waals surface area (Å²) >= 11 is 0. The van der Waals surface area contributed by atoms with Crippen LogP contribution in [-0.4, -0.2) is 52.5 Å². The summed E-state index contributed by atoms with van der Waals surface area (Å²) in [5.41, 5.74) is -1.10. The summed E-state index contributed by atoms with van der Waals surface area (Å²) in [5, 5.41) is 9.75. The fraction of sp³-hybridized carbons (Fsp3) is 0.632. The van der Waals surface area contributed by atoms with Crippen LogP contribution in [0.15, 0.2) is 18.2 Å². The van der Waals surface area contributed by atoms with Crippen LogP contribution in [0.1, 0.15) is 40.2 Å². The SMILES string of the molecule is CC(C)(C)OC(=O)N1C(Cc2ccc3c(c2)OC(F)(F)O3)C(CO)OC1(C)C. The highest BCUT2D eigenvalue weighted by atomic mass is 19.3. The highest BCUT2D eigenvalue weighted by Gasteiger charge is 2.51. The summed E-state index contributed by atoms with van der Waals surface area (Å²) in [6.45, 7) is 8.37. The summed E-state index contributed by atoms with van der Waals surface area (Å²) in [4.78, 5) is 14.3. The molecule has 0 aromatic heterocycles. The van der Waals surface area contributed by atoms with Gasteiger partial charge in [-0.05, 0) is 58.7 Å². The molecule has 1 N–H and O–H groups in total. The molecule has 156 valence electrons. The van der Waals surface area contributed by atoms with Crippen molar-refractivity contribution in [1.82, 2.24) is 4.90 Å². The number of alkyl halides is 2. The van der Waals surface area contributed by atoms with Crippen LogP contribution >= 0.6 is 0 Å². The number of aliphatic hydroxyl groups excluding tert-OH is 1. The second-order valence-corrected chi connectivity index (χ2v) is 8.36. The largest absolute Gasteiger partial charge is 0.586 e. The second-order valence-electron chi connectivity index (χ2n) is 8.36. The lowest BCUT2D eigenvalue weighted by Crippen LogP contribution is -2.51. The third-order valence-electron chi connectivity index (χ3n) is 4.46. The molecule has 0 bridgehead atoms. The van der Waals surface area contributed by atoms with Gasteiger partial charge in [0.2, 0.25) is 0 Å². The molecule has 1 amide bonds. The van der Waals surface area contributed by atoms with Gasteiger partial charge in [0.25, 0.3) is 0 Å². The number of ether oxygens (including phenoxy) is 4. The first-order chi connectivity index (χ1) is 12.8. The van der Waals surface area contributed by atoms with E-state index in [1.54, 1.807) is 40.7 Å². The number of carbonyl (C=O) groups excluding carboxylic acids is 1. The van der Waals surface area contributed by atoms with Crippen molar-refractivity contribution < 1.29 is 37.6 Å². The van der Waals surface area contributed by atoms with E-state index in [1.807, 2.05) is 0 Å². The summed E-state index contributed by atoms with van der Waals surface area (Å²) in [6, 6.07) is 3.87. The molecule has 2 aliphatic heterocycles. The second kappa shape index (κ2) is 6.73. The third kappa shape index (κ3) is 4.15. The fourth-order valence-corrected chi connectivity index (χ4v) is 3.48. The molecular weight excluding hydrogens is 376 g/mol. The molecule has 1 aromatic carbocycles. The number of fused-ring (bicyclic) bond motifs is 1. The quantitative estimate of drug-likeness (QED) is 0.838. The molecule has 1 saturated heterocycles. The summed E-state index contributed by atoms with van der Waals surface area (Å²) in [5.74, 6) is -0.135. The molecule has 1 aromatic rings. The Hall–Kier alpha value is -2.13. The lowest BCUT2D eigenvalue weighted by molar-refractivity contribution is -0.286. The first kappa shape index (κ1) is 20.6. The molecular formula is C19H25F2NO6. The number of rotatable bonds is 3. The molecule has 3 rings (SSSR count). The highest BCUT2D eigenvalue weighted by molar-refractivity contribution is 5.70. The van der Waals surface area contributed by atoms with E-state index < -0.39 is 35.9 Å². The van der Waals surface area contributed by atoms with Gasteiger partial charge in [0.1, 0.15) is 17.4 Å². The van der Waals surface area contributed by atoms with Crippen molar-refractivity contribution in [3.8, 4) is 11.5 Å². The van der Waals surface area contributed by atoms with Crippen LogP contribution < -0.4 is 9.47 Å². The molecule has 0 radical (unpaired) electrons. The average molecular weight is 401 g/mol. The number of hydrogen-bond acceptors (Lipinski definition) is 6. The molecule has 2 aliphatic rings. The number of aliphatic hydroxyl groups is 1. The van der Waals surface area contributed by atoms with Gasteiger partial charge in [-0.25, -0.2) is 4.79 Å². The monoisotopic (exact) mass is 401 g/mol. The smallest absolute Gasteiger partial charge is 0.444 e. The lowest BCUT2D eigenvalue weighted by atomic mass is 10.00. The maximum absolute atomic E-state index is 13.3. The highest BCUT2D eigenvalue weighted by Crippen LogP contribution is 2.42. The van der Waals surface area contributed by atoms with Gasteiger partial charge in [-0.3, -0.25) is 4.90 Å². The Morgan fingerprint density at radius 3 is 2.50 bits per heavy atom. The van der Waals surface area contributed by atoms with Crippen molar-refractivity contribution in [2.45, 2.75) is 70.8 Å². The van der Waals surface area contributed by atoms with Gasteiger partial charge in [-0.2, -0.15) is 0 Å². The maximum atomic E-state index is 13.3. The van der Waals surface area contributed by atoms with E-state index in [2.05, 4.69) is 9.47 Å². The summed E-state index contributed by atoms with van der Waals surface area (Å²) < 4.78 is 46.8. The van der Waals surface area contributed by atoms with Gasteiger partial charge < -0.3 is 24.1 Å². The molecule has 0 saturated carbocycles. The minimum absolute atomic E-state index is 0.0561. The van der Waals surface area contributed by atoms with Crippen molar-refractivity contribution in [3.63, 3.8) is 0 Å². The molecule has 7 nitrogen and oxygen atoms in total. The van der Waals surface area contributed by atoms with E-state index in [9.17, 15) is 18.7 Å². The number of carbonyl (C=O) groups is 1. The van der Waals surface area contributed by atoms with Crippen LogP contribution in [0.5, 0.6) is 11.5 Å². The Labute approximate surface area is 162 Å². The summed E-state index contributed by atoms with van der Waals surface area (Å²) in [7, 11) is 0. The number of amides is 1. The summed E-state index contributed by atoms with van der Waals surface area (Å²) in [6.07, 6.45) is -4.69. The zero-order chi connectivity index (χ0) is 20.9. The maximum Gasteiger partial charge on any atom is 0.586 e. The zero-order valence-electron chi connectivity index (χ0n) is 16.5. The van der Waals surface area contributed by atoms with Crippen molar-refractivity contribution in [2.75, 3.05) is 6.61 Å². The number of hydrogen-bond donors (Lipinski definition) is 1. The van der Waals surface area contributed by atoms with Crippen LogP contribution in [0.2, 0.25) is 0 Å². The number of nitrogens with zero attached hydrogens (tertiary/aromatic N) is 1. The average Bonchev–Trinajstić information content (AvgIpc) is 2.96. The standard InChI is InChI=1S/C19H25F2NO6/c1-17(2,3)28-16(24)22-12(15(10-23)25-18(22,4)5)8-11-6-7-13-14(9-11)27-19(20,21)26-13/h6-7,9,12,15,23H,8,10H2,1-5H3. The first-order valence-corrected chi connectivity index (χ1v) is 9.01.